The summed E-state index contributed by atoms with van der Waals surface area (Å²) in [5.74, 6) is 0. The molecule has 0 heterocycles. The lowest BCUT2D eigenvalue weighted by Gasteiger charge is -2.44. The summed E-state index contributed by atoms with van der Waals surface area (Å²) in [6.45, 7) is 2.22. The van der Waals surface area contributed by atoms with Crippen LogP contribution in [0.25, 0.3) is 0 Å². The highest BCUT2D eigenvalue weighted by molar-refractivity contribution is 8.08. The van der Waals surface area contributed by atoms with Gasteiger partial charge < -0.3 is 5.11 Å². The first-order chi connectivity index (χ1) is 12.2. The maximum atomic E-state index is 9.79. The van der Waals surface area contributed by atoms with E-state index in [-0.39, 0.29) is 12.3 Å². The van der Waals surface area contributed by atoms with Crippen molar-refractivity contribution in [2.24, 2.45) is 0 Å². The van der Waals surface area contributed by atoms with Gasteiger partial charge in [-0.15, -0.1) is 0 Å². The molecule has 3 heteroatoms. The topological polar surface area (TPSA) is 20.2 Å². The zero-order chi connectivity index (χ0) is 17.7. The Kier molecular flexibility index (Phi) is 5.73. The Bertz CT molecular complexity index is 765. The van der Waals surface area contributed by atoms with Gasteiger partial charge in [-0.3, -0.25) is 7.57 Å². The summed E-state index contributed by atoms with van der Waals surface area (Å²) < 4.78 is 0. The minimum atomic E-state index is -2.20. The van der Waals surface area contributed by atoms with Gasteiger partial charge in [-0.1, -0.05) is 66.2 Å². The third kappa shape index (κ3) is 3.71. The first-order valence-electron chi connectivity index (χ1n) is 8.62. The van der Waals surface area contributed by atoms with Gasteiger partial charge in [0.1, 0.15) is 0 Å². The molecule has 1 nitrogen and oxygen atoms in total. The Morgan fingerprint density at radius 1 is 0.840 bits per heavy atom. The third-order valence-electron chi connectivity index (χ3n) is 4.69. The summed E-state index contributed by atoms with van der Waals surface area (Å²) in [7, 11) is 5.05. The fourth-order valence-electron chi connectivity index (χ4n) is 3.46. The van der Waals surface area contributed by atoms with Crippen LogP contribution in [0, 0.1) is 6.92 Å². The molecule has 0 aromatic heterocycles. The van der Waals surface area contributed by atoms with E-state index in [4.69, 9.17) is 7.57 Å². The number of hydrogen-bond acceptors (Lipinski definition) is 1. The highest BCUT2D eigenvalue weighted by Gasteiger charge is 2.34. The highest BCUT2D eigenvalue weighted by atomic mass is 31.2. The van der Waals surface area contributed by atoms with E-state index in [0.29, 0.717) is 6.42 Å². The molecule has 125 valence electrons. The lowest BCUT2D eigenvalue weighted by Crippen LogP contribution is -2.28. The fourth-order valence-corrected chi connectivity index (χ4v) is 6.97. The largest absolute Gasteiger partial charge is 0.396 e. The van der Waals surface area contributed by atoms with E-state index >= 15 is 0 Å². The predicted octanol–water partition coefficient (Wildman–Crippen LogP) is 4.17. The molecule has 0 bridgehead atoms. The minimum absolute atomic E-state index is 0.0854. The van der Waals surface area contributed by atoms with Gasteiger partial charge >= 0.3 is 0 Å². The minimum Gasteiger partial charge on any atom is -0.396 e. The number of aryl methyl sites for hydroxylation is 1. The number of rotatable bonds is 6. The number of hydrogen-bond donors (Lipinski definition) is 1. The molecule has 0 unspecified atom stereocenters. The van der Waals surface area contributed by atoms with E-state index < -0.39 is 7.14 Å². The molecule has 0 aliphatic rings. The van der Waals surface area contributed by atoms with Crippen LogP contribution in [0.2, 0.25) is 0 Å². The second-order valence-corrected chi connectivity index (χ2v) is 9.60. The van der Waals surface area contributed by atoms with Crippen molar-refractivity contribution < 1.29 is 5.11 Å². The van der Waals surface area contributed by atoms with Crippen LogP contribution in [-0.2, 0) is 0 Å². The van der Waals surface area contributed by atoms with E-state index in [1.165, 1.54) is 21.7 Å². The molecule has 3 aromatic rings. The van der Waals surface area contributed by atoms with Gasteiger partial charge in [0, 0.05) is 23.6 Å². The Labute approximate surface area is 152 Å². The van der Waals surface area contributed by atoms with Gasteiger partial charge in [-0.2, -0.15) is 7.14 Å². The molecule has 3 radical (unpaired) electrons. The molecular formula is C22H23BOP. The molecule has 1 atom stereocenters. The van der Waals surface area contributed by atoms with Crippen molar-refractivity contribution in [1.82, 2.24) is 0 Å². The zero-order valence-electron chi connectivity index (χ0n) is 14.5. The molecule has 0 aliphatic carbocycles. The van der Waals surface area contributed by atoms with Gasteiger partial charge in [0.2, 0.25) is 0 Å². The van der Waals surface area contributed by atoms with Gasteiger partial charge in [-0.05, 0) is 36.8 Å². The molecule has 3 rings (SSSR count). The van der Waals surface area contributed by atoms with Crippen molar-refractivity contribution >= 4 is 25.3 Å². The first-order valence-corrected chi connectivity index (χ1v) is 10.5. The summed E-state index contributed by atoms with van der Waals surface area (Å²) in [5, 5.41) is 12.1. The molecule has 1 N–H and O–H groups in total. The van der Waals surface area contributed by atoms with Crippen LogP contribution >= 0.6 is 7.14 Å². The van der Waals surface area contributed by atoms with Crippen LogP contribution in [0.5, 0.6) is 0 Å². The second-order valence-electron chi connectivity index (χ2n) is 6.39. The average molecular weight is 345 g/mol. The summed E-state index contributed by atoms with van der Waals surface area (Å²) >= 11 is 0. The van der Waals surface area contributed by atoms with Crippen molar-refractivity contribution in [3.8, 4) is 0 Å². The predicted molar refractivity (Wildman–Crippen MR) is 110 cm³/mol. The van der Waals surface area contributed by atoms with Crippen molar-refractivity contribution in [1.29, 1.82) is 0 Å². The van der Waals surface area contributed by atoms with E-state index in [9.17, 15) is 5.11 Å². The molecule has 3 aromatic carbocycles. The van der Waals surface area contributed by atoms with E-state index in [1.54, 1.807) is 0 Å². The maximum absolute atomic E-state index is 9.79. The Morgan fingerprint density at radius 3 is 1.88 bits per heavy atom. The van der Waals surface area contributed by atoms with Crippen molar-refractivity contribution in [2.45, 2.75) is 19.0 Å². The number of aliphatic hydroxyl groups excluding tert-OH is 1. The normalized spacial score (nSPS) is 12.8. The van der Waals surface area contributed by atoms with Crippen LogP contribution < -0.4 is 10.6 Å². The molecule has 0 fully saturated rings. The zero-order valence-corrected chi connectivity index (χ0v) is 15.4. The van der Waals surface area contributed by atoms with Crippen molar-refractivity contribution in [3.05, 3.63) is 96.1 Å². The van der Waals surface area contributed by atoms with Crippen LogP contribution in [0.1, 0.15) is 23.2 Å². The van der Waals surface area contributed by atoms with Crippen LogP contribution in [0.3, 0.4) is 0 Å². The Balaban J connectivity index is 2.21. The van der Waals surface area contributed by atoms with Crippen LogP contribution in [0.4, 0.5) is 0 Å². The monoisotopic (exact) mass is 345 g/mol. The molecule has 0 saturated heterocycles. The Morgan fingerprint density at radius 2 is 1.40 bits per heavy atom. The maximum Gasteiger partial charge on any atom is 0.0582 e. The van der Waals surface area contributed by atoms with Gasteiger partial charge in [0.15, 0.2) is 0 Å². The number of benzene rings is 3. The molecule has 0 saturated carbocycles. The smallest absolute Gasteiger partial charge is 0.0582 e. The fraction of sp³-hybridized carbons (Fsp3) is 0.182. The molecule has 0 spiro atoms. The van der Waals surface area contributed by atoms with E-state index in [0.717, 1.165) is 0 Å². The molecule has 0 amide bonds. The average Bonchev–Trinajstić information content (AvgIpc) is 2.67. The lowest BCUT2D eigenvalue weighted by atomic mass is 10.1. The van der Waals surface area contributed by atoms with Gasteiger partial charge in [0.05, 0.1) is 5.66 Å². The summed E-state index contributed by atoms with van der Waals surface area (Å²) in [6.07, 6.45) is 0.650. The Hall–Kier alpha value is -1.89. The number of aliphatic hydroxyl groups is 1. The highest BCUT2D eigenvalue weighted by Crippen LogP contribution is 2.65. The van der Waals surface area contributed by atoms with Crippen LogP contribution in [-0.4, -0.2) is 19.3 Å². The SMILES string of the molecule is [B-][P+](c1ccccc1)(c1ccccc1)[C@@H](CCO)c1cccc(C)c1. The molecule has 25 heavy (non-hydrogen) atoms. The summed E-state index contributed by atoms with van der Waals surface area (Å²) in [6, 6.07) is 29.3. The quantitative estimate of drug-likeness (QED) is 0.525. The van der Waals surface area contributed by atoms with Crippen LogP contribution in [0.15, 0.2) is 84.9 Å². The summed E-state index contributed by atoms with van der Waals surface area (Å²) in [4.78, 5) is 0. The standard InChI is InChI=1S/C22H23BOP/c1-18-9-8-10-19(17-18)22(15-16-24)25(23,20-11-4-2-5-12-20)21-13-6-3-7-14-21/h2-14,17,22,24H,15-16H2,1H3/t22-/m0/s1. The summed E-state index contributed by atoms with van der Waals surface area (Å²) in [5.41, 5.74) is 2.51. The third-order valence-corrected chi connectivity index (χ3v) is 8.53. The lowest BCUT2D eigenvalue weighted by molar-refractivity contribution is 0.287. The van der Waals surface area contributed by atoms with E-state index in [1.807, 2.05) is 36.4 Å². The van der Waals surface area contributed by atoms with Crippen molar-refractivity contribution in [3.63, 3.8) is 0 Å². The molecular weight excluding hydrogens is 322 g/mol. The van der Waals surface area contributed by atoms with Gasteiger partial charge in [-0.25, -0.2) is 0 Å². The molecule has 0 aliphatic heterocycles. The van der Waals surface area contributed by atoms with E-state index in [2.05, 4.69) is 55.5 Å². The van der Waals surface area contributed by atoms with Crippen molar-refractivity contribution in [2.75, 3.05) is 6.61 Å². The first kappa shape index (κ1) is 17.9. The van der Waals surface area contributed by atoms with Gasteiger partial charge in [0.25, 0.3) is 0 Å². The second kappa shape index (κ2) is 8.00.